The number of thioether (sulfide) groups is 2. The molecule has 2 bridgehead atoms. The molecule has 0 aromatic rings. The van der Waals surface area contributed by atoms with Crippen LogP contribution in [0.2, 0.25) is 0 Å². The van der Waals surface area contributed by atoms with Gasteiger partial charge in [0, 0.05) is 46.0 Å². The van der Waals surface area contributed by atoms with Crippen molar-refractivity contribution in [1.29, 1.82) is 0 Å². The Morgan fingerprint density at radius 2 is 0.760 bits per heavy atom. The van der Waals surface area contributed by atoms with Crippen LogP contribution in [0.25, 0.3) is 0 Å². The molecule has 0 aromatic carbocycles. The van der Waals surface area contributed by atoms with Gasteiger partial charge in [0.2, 0.25) is 0 Å². The largest absolute Gasteiger partial charge is 0.465 e. The maximum atomic E-state index is 13.3. The van der Waals surface area contributed by atoms with Crippen molar-refractivity contribution in [2.24, 2.45) is 22.2 Å². The van der Waals surface area contributed by atoms with Crippen molar-refractivity contribution < 1.29 is 28.6 Å². The second-order valence-corrected chi connectivity index (χ2v) is 27.7. The second kappa shape index (κ2) is 48.9. The molecule has 0 aromatic heterocycles. The van der Waals surface area contributed by atoms with Crippen molar-refractivity contribution in [1.82, 2.24) is 4.90 Å². The molecule has 2 aliphatic carbocycles. The van der Waals surface area contributed by atoms with Crippen LogP contribution >= 0.6 is 23.5 Å². The molecule has 6 unspecified atom stereocenters. The summed E-state index contributed by atoms with van der Waals surface area (Å²) in [6.45, 7) is 31.0. The van der Waals surface area contributed by atoms with Crippen molar-refractivity contribution in [3.05, 3.63) is 0 Å². The van der Waals surface area contributed by atoms with E-state index in [-0.39, 0.29) is 34.2 Å². The quantitative estimate of drug-likeness (QED) is 0.0336. The fraction of sp³-hybridized carbons (Fsp3) is 0.955. The summed E-state index contributed by atoms with van der Waals surface area (Å²) >= 11 is 3.97. The van der Waals surface area contributed by atoms with E-state index < -0.39 is 0 Å². The number of hydrogen-bond donors (Lipinski definition) is 0. The maximum Gasteiger partial charge on any atom is 0.305 e. The fourth-order valence-corrected chi connectivity index (χ4v) is 14.0. The molecule has 446 valence electrons. The molecule has 0 radical (unpaired) electrons. The molecule has 0 aliphatic heterocycles. The van der Waals surface area contributed by atoms with E-state index in [9.17, 15) is 14.4 Å². The number of rotatable bonds is 46. The summed E-state index contributed by atoms with van der Waals surface area (Å²) in [4.78, 5) is 41.5. The molecule has 75 heavy (non-hydrogen) atoms. The number of nitrogens with zero attached hydrogens (tertiary/aromatic N) is 1. The van der Waals surface area contributed by atoms with Gasteiger partial charge in [-0.1, -0.05) is 237 Å². The number of unbranched alkanes of at least 4 members (excludes halogenated alkanes) is 22. The first kappa shape index (κ1) is 74.1. The predicted molar refractivity (Wildman–Crippen MR) is 332 cm³/mol. The van der Waals surface area contributed by atoms with E-state index in [0.717, 1.165) is 76.8 Å². The summed E-state index contributed by atoms with van der Waals surface area (Å²) in [7, 11) is 0. The van der Waals surface area contributed by atoms with Gasteiger partial charge in [-0.15, -0.1) is 0 Å². The SMILES string of the molecule is CCCCCCCCC.CCCCCCCCC.CCCCCCCCSC(C)CCC(=O)OCC1(C)CC2CC(C)(COC(=O)CCCN(CC)CC)CC(COC(=O)CCC(C)SCCCCCCCC)(C2)C1. The van der Waals surface area contributed by atoms with Gasteiger partial charge in [0.1, 0.15) is 0 Å². The Morgan fingerprint density at radius 1 is 0.440 bits per heavy atom. The first-order valence-electron chi connectivity index (χ1n) is 32.5. The normalized spacial score (nSPS) is 20.8. The molecular formula is C66H129NO6S2. The fourth-order valence-electron chi connectivity index (χ4n) is 11.9. The standard InChI is InChI=1S/C48H89NO6S2.2C9H20/c1-9-13-15-17-19-21-30-56-40(5)25-27-44(51)54-38-47(8)33-42-32-46(7,37-53-43(50)24-23-29-49(11-3)12-4)35-48(34-42,36-47)39-55-45(52)28-26-41(6)57-31-22-20-18-16-14-10-2;2*1-3-5-7-9-8-6-4-2/h40-42H,9-39H2,1-8H3;2*3-9H2,1-2H3. The highest BCUT2D eigenvalue weighted by molar-refractivity contribution is 8.00. The number of esters is 3. The number of fused-ring (bicyclic) bond motifs is 2. The Bertz CT molecular complexity index is 1300. The van der Waals surface area contributed by atoms with Crippen LogP contribution in [0.3, 0.4) is 0 Å². The number of carbonyl (C=O) groups excluding carboxylic acids is 3. The zero-order valence-electron chi connectivity index (χ0n) is 52.3. The molecule has 2 aliphatic rings. The molecule has 7 nitrogen and oxygen atoms in total. The summed E-state index contributed by atoms with van der Waals surface area (Å²) in [5, 5.41) is 0.886. The first-order valence-corrected chi connectivity index (χ1v) is 34.6. The lowest BCUT2D eigenvalue weighted by Gasteiger charge is -2.57. The molecule has 0 spiro atoms. The summed E-state index contributed by atoms with van der Waals surface area (Å²) in [6.07, 6.45) is 44.1. The first-order chi connectivity index (χ1) is 36.1. The van der Waals surface area contributed by atoms with Gasteiger partial charge in [-0.3, -0.25) is 14.4 Å². The minimum absolute atomic E-state index is 0.0966. The lowest BCUT2D eigenvalue weighted by molar-refractivity contribution is -0.168. The van der Waals surface area contributed by atoms with Gasteiger partial charge in [-0.25, -0.2) is 0 Å². The zero-order chi connectivity index (χ0) is 55.9. The Labute approximate surface area is 476 Å². The van der Waals surface area contributed by atoms with Crippen LogP contribution in [0, 0.1) is 22.2 Å². The van der Waals surface area contributed by atoms with Gasteiger partial charge in [0.25, 0.3) is 0 Å². The van der Waals surface area contributed by atoms with E-state index >= 15 is 0 Å². The van der Waals surface area contributed by atoms with Gasteiger partial charge in [0.05, 0.1) is 19.8 Å². The monoisotopic (exact) mass is 1100 g/mol. The molecule has 0 saturated heterocycles. The van der Waals surface area contributed by atoms with E-state index in [1.165, 1.54) is 173 Å². The molecule has 2 fully saturated rings. The molecule has 2 rings (SSSR count). The smallest absolute Gasteiger partial charge is 0.305 e. The van der Waals surface area contributed by atoms with Gasteiger partial charge in [-0.05, 0) is 101 Å². The van der Waals surface area contributed by atoms with Crippen molar-refractivity contribution >= 4 is 41.4 Å². The van der Waals surface area contributed by atoms with Gasteiger partial charge in [0.15, 0.2) is 0 Å². The molecule has 0 heterocycles. The predicted octanol–water partition coefficient (Wildman–Crippen LogP) is 20.4. The van der Waals surface area contributed by atoms with Crippen LogP contribution in [0.4, 0.5) is 0 Å². The van der Waals surface area contributed by atoms with Gasteiger partial charge in [-0.2, -0.15) is 23.5 Å². The second-order valence-electron chi connectivity index (χ2n) is 24.6. The third-order valence-electron chi connectivity index (χ3n) is 16.1. The van der Waals surface area contributed by atoms with Gasteiger partial charge >= 0.3 is 17.9 Å². The minimum Gasteiger partial charge on any atom is -0.465 e. The average molecular weight is 1100 g/mol. The minimum atomic E-state index is -0.234. The van der Waals surface area contributed by atoms with Crippen LogP contribution in [-0.2, 0) is 28.6 Å². The number of carbonyl (C=O) groups is 3. The molecule has 2 saturated carbocycles. The van der Waals surface area contributed by atoms with Gasteiger partial charge < -0.3 is 19.1 Å². The maximum absolute atomic E-state index is 13.3. The summed E-state index contributed by atoms with van der Waals surface area (Å²) in [5.74, 6) is 2.39. The summed E-state index contributed by atoms with van der Waals surface area (Å²) < 4.78 is 18.2. The van der Waals surface area contributed by atoms with Crippen LogP contribution < -0.4 is 0 Å². The Morgan fingerprint density at radius 3 is 1.11 bits per heavy atom. The van der Waals surface area contributed by atoms with E-state index in [1.807, 2.05) is 23.5 Å². The van der Waals surface area contributed by atoms with E-state index in [0.29, 0.717) is 55.5 Å². The lowest BCUT2D eigenvalue weighted by atomic mass is 9.49. The van der Waals surface area contributed by atoms with Crippen LogP contribution in [-0.4, -0.2) is 84.3 Å². The molecule has 0 amide bonds. The lowest BCUT2D eigenvalue weighted by Crippen LogP contribution is -2.52. The van der Waals surface area contributed by atoms with Crippen molar-refractivity contribution in [2.75, 3.05) is 51.0 Å². The number of ether oxygens (including phenoxy) is 3. The summed E-state index contributed by atoms with van der Waals surface area (Å²) in [6, 6.07) is 0. The van der Waals surface area contributed by atoms with Crippen LogP contribution in [0.15, 0.2) is 0 Å². The Hall–Kier alpha value is -0.930. The number of hydrogen-bond acceptors (Lipinski definition) is 9. The van der Waals surface area contributed by atoms with Crippen LogP contribution in [0.1, 0.15) is 321 Å². The topological polar surface area (TPSA) is 82.1 Å². The van der Waals surface area contributed by atoms with Crippen molar-refractivity contribution in [2.45, 2.75) is 331 Å². The van der Waals surface area contributed by atoms with E-state index in [4.69, 9.17) is 14.2 Å². The molecule has 0 N–H and O–H groups in total. The highest BCUT2D eigenvalue weighted by atomic mass is 32.2. The molecule has 6 atom stereocenters. The average Bonchev–Trinajstić information content (AvgIpc) is 3.38. The van der Waals surface area contributed by atoms with Crippen LogP contribution in [0.5, 0.6) is 0 Å². The third kappa shape index (κ3) is 41.7. The van der Waals surface area contributed by atoms with E-state index in [2.05, 4.69) is 88.0 Å². The van der Waals surface area contributed by atoms with E-state index in [1.54, 1.807) is 0 Å². The summed E-state index contributed by atoms with van der Waals surface area (Å²) in [5.41, 5.74) is -0.609. The zero-order valence-corrected chi connectivity index (χ0v) is 53.9. The highest BCUT2D eigenvalue weighted by Gasteiger charge is 2.55. The van der Waals surface area contributed by atoms with Crippen molar-refractivity contribution in [3.63, 3.8) is 0 Å². The molecular weight excluding hydrogens is 967 g/mol. The molecule has 9 heteroatoms. The highest BCUT2D eigenvalue weighted by Crippen LogP contribution is 2.60. The third-order valence-corrected chi connectivity index (χ3v) is 18.7. The Balaban J connectivity index is 0.00000256. The van der Waals surface area contributed by atoms with Crippen molar-refractivity contribution in [3.8, 4) is 0 Å². The Kier molecular flexibility index (Phi) is 48.3.